The highest BCUT2D eigenvalue weighted by Crippen LogP contribution is 2.14. The van der Waals surface area contributed by atoms with Gasteiger partial charge in [0.25, 0.3) is 0 Å². The van der Waals surface area contributed by atoms with Crippen molar-refractivity contribution in [3.05, 3.63) is 28.0 Å². The quantitative estimate of drug-likeness (QED) is 0.562. The van der Waals surface area contributed by atoms with Crippen LogP contribution < -0.4 is 0 Å². The molecule has 0 aliphatic carbocycles. The Morgan fingerprint density at radius 2 is 1.67 bits per heavy atom. The monoisotopic (exact) mass is 185 g/mol. The van der Waals surface area contributed by atoms with Crippen LogP contribution in [0.2, 0.25) is 5.15 Å². The van der Waals surface area contributed by atoms with E-state index in [1.165, 1.54) is 11.1 Å². The summed E-state index contributed by atoms with van der Waals surface area (Å²) >= 11 is 5.71. The predicted molar refractivity (Wildman–Crippen MR) is 54.8 cm³/mol. The minimum absolute atomic E-state index is 0.584. The predicted octanol–water partition coefficient (Wildman–Crippen LogP) is 3.69. The van der Waals surface area contributed by atoms with Gasteiger partial charge in [0.2, 0.25) is 0 Å². The largest absolute Gasteiger partial charge is 0.241 e. The van der Waals surface area contributed by atoms with Gasteiger partial charge in [-0.1, -0.05) is 25.4 Å². The molecule has 2 heteroatoms. The molecule has 0 spiro atoms. The van der Waals surface area contributed by atoms with Gasteiger partial charge >= 0.3 is 0 Å². The van der Waals surface area contributed by atoms with Crippen molar-refractivity contribution in [3.63, 3.8) is 0 Å². The lowest BCUT2D eigenvalue weighted by molar-refractivity contribution is 1.12. The van der Waals surface area contributed by atoms with Gasteiger partial charge in [-0.2, -0.15) is 0 Å². The first-order valence-corrected chi connectivity index (χ1v) is 4.59. The second-order valence-corrected chi connectivity index (χ2v) is 2.86. The summed E-state index contributed by atoms with van der Waals surface area (Å²) in [7, 11) is 0. The van der Waals surface area contributed by atoms with E-state index in [0.29, 0.717) is 5.15 Å². The Kier molecular flexibility index (Phi) is 4.91. The molecule has 1 aromatic rings. The molecule has 1 heterocycles. The van der Waals surface area contributed by atoms with Crippen LogP contribution in [0, 0.1) is 20.8 Å². The zero-order valence-corrected chi connectivity index (χ0v) is 9.16. The van der Waals surface area contributed by atoms with Crippen molar-refractivity contribution in [3.8, 4) is 0 Å². The maximum atomic E-state index is 5.71. The van der Waals surface area contributed by atoms with Crippen LogP contribution in [0.1, 0.15) is 30.7 Å². The van der Waals surface area contributed by atoms with Gasteiger partial charge in [-0.15, -0.1) is 0 Å². The molecule has 0 unspecified atom stereocenters. The number of rotatable bonds is 0. The maximum absolute atomic E-state index is 5.71. The molecule has 0 bridgehead atoms. The highest BCUT2D eigenvalue weighted by Gasteiger charge is 1.98. The number of halogens is 1. The molecule has 1 rings (SSSR count). The topological polar surface area (TPSA) is 12.9 Å². The fourth-order valence-electron chi connectivity index (χ4n) is 0.849. The third-order valence-corrected chi connectivity index (χ3v) is 1.94. The Morgan fingerprint density at radius 3 is 2.08 bits per heavy atom. The molecule has 0 amide bonds. The first kappa shape index (κ1) is 11.4. The molecule has 0 aliphatic heterocycles. The van der Waals surface area contributed by atoms with Crippen LogP contribution in [0.15, 0.2) is 6.07 Å². The van der Waals surface area contributed by atoms with Gasteiger partial charge in [-0.25, -0.2) is 4.98 Å². The van der Waals surface area contributed by atoms with E-state index in [2.05, 4.69) is 4.98 Å². The standard InChI is InChI=1S/C8H10ClN.C2H6/c1-5-4-8(9)10-7(3)6(5)2;1-2/h4H,1-3H3;1-2H3. The van der Waals surface area contributed by atoms with E-state index in [9.17, 15) is 0 Å². The second kappa shape index (κ2) is 5.15. The molecule has 0 saturated heterocycles. The minimum atomic E-state index is 0.584. The van der Waals surface area contributed by atoms with Crippen molar-refractivity contribution >= 4 is 11.6 Å². The van der Waals surface area contributed by atoms with Gasteiger partial charge in [0.15, 0.2) is 0 Å². The molecule has 1 nitrogen and oxygen atoms in total. The second-order valence-electron chi connectivity index (χ2n) is 2.47. The third kappa shape index (κ3) is 2.82. The average molecular weight is 186 g/mol. The van der Waals surface area contributed by atoms with Crippen LogP contribution in [0.3, 0.4) is 0 Å². The lowest BCUT2D eigenvalue weighted by Crippen LogP contribution is -1.90. The van der Waals surface area contributed by atoms with Crippen LogP contribution in [-0.2, 0) is 0 Å². The van der Waals surface area contributed by atoms with Gasteiger partial charge in [0.1, 0.15) is 5.15 Å². The summed E-state index contributed by atoms with van der Waals surface area (Å²) in [6.07, 6.45) is 0. The summed E-state index contributed by atoms with van der Waals surface area (Å²) in [6.45, 7) is 10.1. The number of aryl methyl sites for hydroxylation is 2. The number of hydrogen-bond donors (Lipinski definition) is 0. The van der Waals surface area contributed by atoms with Crippen molar-refractivity contribution in [2.24, 2.45) is 0 Å². The normalized spacial score (nSPS) is 8.83. The molecule has 68 valence electrons. The van der Waals surface area contributed by atoms with Crippen LogP contribution in [0.25, 0.3) is 0 Å². The van der Waals surface area contributed by atoms with Gasteiger partial charge in [-0.3, -0.25) is 0 Å². The van der Waals surface area contributed by atoms with Gasteiger partial charge in [0, 0.05) is 5.69 Å². The van der Waals surface area contributed by atoms with Crippen molar-refractivity contribution < 1.29 is 0 Å². The number of pyridine rings is 1. The Morgan fingerprint density at radius 1 is 1.17 bits per heavy atom. The number of nitrogens with zero attached hydrogens (tertiary/aromatic N) is 1. The van der Waals surface area contributed by atoms with E-state index in [1.54, 1.807) is 0 Å². The van der Waals surface area contributed by atoms with Gasteiger partial charge in [-0.05, 0) is 38.0 Å². The summed E-state index contributed by atoms with van der Waals surface area (Å²) in [4.78, 5) is 4.10. The van der Waals surface area contributed by atoms with E-state index in [0.717, 1.165) is 5.69 Å². The minimum Gasteiger partial charge on any atom is -0.241 e. The van der Waals surface area contributed by atoms with Crippen LogP contribution in [0.4, 0.5) is 0 Å². The molecule has 0 aromatic carbocycles. The molecule has 1 aromatic heterocycles. The summed E-state index contributed by atoms with van der Waals surface area (Å²) < 4.78 is 0. The summed E-state index contributed by atoms with van der Waals surface area (Å²) in [5.41, 5.74) is 3.45. The Labute approximate surface area is 79.8 Å². The number of aromatic nitrogens is 1. The van der Waals surface area contributed by atoms with E-state index >= 15 is 0 Å². The molecular formula is C10H16ClN. The zero-order chi connectivity index (χ0) is 9.72. The van der Waals surface area contributed by atoms with Crippen LogP contribution in [-0.4, -0.2) is 4.98 Å². The molecule has 0 saturated carbocycles. The van der Waals surface area contributed by atoms with Crippen molar-refractivity contribution in [2.45, 2.75) is 34.6 Å². The Hall–Kier alpha value is -0.560. The van der Waals surface area contributed by atoms with Crippen molar-refractivity contribution in [2.75, 3.05) is 0 Å². The Bertz CT molecular complexity index is 233. The molecular weight excluding hydrogens is 170 g/mol. The molecule has 0 N–H and O–H groups in total. The van der Waals surface area contributed by atoms with E-state index in [-0.39, 0.29) is 0 Å². The first-order chi connectivity index (χ1) is 5.61. The molecule has 0 fully saturated rings. The lowest BCUT2D eigenvalue weighted by atomic mass is 10.1. The van der Waals surface area contributed by atoms with Crippen molar-refractivity contribution in [1.29, 1.82) is 0 Å². The molecule has 0 atom stereocenters. The molecule has 0 radical (unpaired) electrons. The Balaban J connectivity index is 0.000000561. The summed E-state index contributed by atoms with van der Waals surface area (Å²) in [6, 6.07) is 1.88. The molecule has 0 aliphatic rings. The van der Waals surface area contributed by atoms with Crippen LogP contribution >= 0.6 is 11.6 Å². The number of hydrogen-bond acceptors (Lipinski definition) is 1. The van der Waals surface area contributed by atoms with E-state index in [4.69, 9.17) is 11.6 Å². The fraction of sp³-hybridized carbons (Fsp3) is 0.500. The maximum Gasteiger partial charge on any atom is 0.129 e. The lowest BCUT2D eigenvalue weighted by Gasteiger charge is -2.02. The van der Waals surface area contributed by atoms with Gasteiger partial charge < -0.3 is 0 Å². The van der Waals surface area contributed by atoms with E-state index < -0.39 is 0 Å². The highest BCUT2D eigenvalue weighted by molar-refractivity contribution is 6.29. The highest BCUT2D eigenvalue weighted by atomic mass is 35.5. The van der Waals surface area contributed by atoms with Crippen LogP contribution in [0.5, 0.6) is 0 Å². The zero-order valence-electron chi connectivity index (χ0n) is 8.40. The third-order valence-electron chi connectivity index (χ3n) is 1.74. The van der Waals surface area contributed by atoms with E-state index in [1.807, 2.05) is 40.7 Å². The summed E-state index contributed by atoms with van der Waals surface area (Å²) in [5.74, 6) is 0. The van der Waals surface area contributed by atoms with Crippen molar-refractivity contribution in [1.82, 2.24) is 4.98 Å². The van der Waals surface area contributed by atoms with Gasteiger partial charge in [0.05, 0.1) is 0 Å². The summed E-state index contributed by atoms with van der Waals surface area (Å²) in [5, 5.41) is 0.584. The smallest absolute Gasteiger partial charge is 0.129 e. The first-order valence-electron chi connectivity index (χ1n) is 4.21. The molecule has 12 heavy (non-hydrogen) atoms. The fourth-order valence-corrected chi connectivity index (χ4v) is 1.14. The SMILES string of the molecule is CC.Cc1cc(Cl)nc(C)c1C. The average Bonchev–Trinajstić information content (AvgIpc) is 2.04.